The van der Waals surface area contributed by atoms with E-state index in [-0.39, 0.29) is 0 Å². The molecule has 0 amide bonds. The van der Waals surface area contributed by atoms with Crippen molar-refractivity contribution in [2.75, 3.05) is 0 Å². The van der Waals surface area contributed by atoms with Crippen LogP contribution in [-0.4, -0.2) is 26.1 Å². The Balaban J connectivity index is 1.57. The number of fused-ring (bicyclic) bond motifs is 4. The van der Waals surface area contributed by atoms with E-state index in [0.29, 0.717) is 0 Å². The molecule has 5 heterocycles. The normalized spacial score (nSPS) is 12.5. The molecule has 3 aliphatic heterocycles. The second-order valence-corrected chi connectivity index (χ2v) is 13.1. The first kappa shape index (κ1) is 27.5. The highest BCUT2D eigenvalue weighted by molar-refractivity contribution is 6.57. The Kier molecular flexibility index (Phi) is 5.66. The number of nitrogens with zero attached hydrogens (tertiary/aromatic N) is 3. The van der Waals surface area contributed by atoms with Crippen molar-refractivity contribution in [3.63, 3.8) is 0 Å². The molecule has 232 valence electrons. The number of hydrogen-bond donors (Lipinski definition) is 1. The Bertz CT molecular complexity index is 2750. The van der Waals surface area contributed by atoms with Crippen molar-refractivity contribution in [2.24, 2.45) is 0 Å². The average molecular weight is 638 g/mol. The van der Waals surface area contributed by atoms with Crippen LogP contribution in [0.1, 0.15) is 0 Å². The fourth-order valence-electron chi connectivity index (χ4n) is 8.61. The van der Waals surface area contributed by atoms with Crippen molar-refractivity contribution < 1.29 is 5.02 Å². The standard InChI is InChI=1S/C45H28BN3O/c50-46-48-42-33-24-12-14-26-35(33)44(48)39(30-20-8-3-9-21-30)45-36-27-15-13-25-34(36)43(49(45)46)38(29-18-6-2-7-19-29)41-32-23-11-10-22-31(32)40(47-41)37(42)28-16-4-1-5-17-28/h1-27,50H. The van der Waals surface area contributed by atoms with Gasteiger partial charge in [-0.2, -0.15) is 0 Å². The summed E-state index contributed by atoms with van der Waals surface area (Å²) in [4.78, 5) is 5.70. The van der Waals surface area contributed by atoms with Crippen molar-refractivity contribution >= 4 is 50.8 Å². The first-order valence-corrected chi connectivity index (χ1v) is 17.1. The molecule has 0 spiro atoms. The second kappa shape index (κ2) is 10.3. The highest BCUT2D eigenvalue weighted by Gasteiger charge is 2.38. The molecule has 1 N–H and O–H groups in total. The molecule has 8 bridgehead atoms. The third-order valence-electron chi connectivity index (χ3n) is 10.6. The highest BCUT2D eigenvalue weighted by Crippen LogP contribution is 2.52. The van der Waals surface area contributed by atoms with E-state index >= 15 is 0 Å². The van der Waals surface area contributed by atoms with Gasteiger partial charge in [-0.25, -0.2) is 4.98 Å². The summed E-state index contributed by atoms with van der Waals surface area (Å²) in [5.74, 6) is 0. The lowest BCUT2D eigenvalue weighted by molar-refractivity contribution is 0.547. The molecular formula is C45H28BN3O. The Morgan fingerprint density at radius 2 is 0.660 bits per heavy atom. The van der Waals surface area contributed by atoms with E-state index in [1.165, 1.54) is 0 Å². The SMILES string of the molecule is OB1n2c3c(-c4ccccc4)c4nc(c(-c5ccccc5)c5c6ccccc6c(c(-c6ccccc6)c2c2ccccc23)n51)-c1ccccc1-4. The predicted octanol–water partition coefficient (Wildman–Crippen LogP) is 10.8. The fourth-order valence-corrected chi connectivity index (χ4v) is 8.61. The van der Waals surface area contributed by atoms with Gasteiger partial charge in [0.1, 0.15) is 0 Å². The largest absolute Gasteiger partial charge is 0.555 e. The van der Waals surface area contributed by atoms with Crippen LogP contribution in [0.2, 0.25) is 0 Å². The van der Waals surface area contributed by atoms with Crippen LogP contribution in [-0.2, 0) is 0 Å². The van der Waals surface area contributed by atoms with Crippen LogP contribution in [0.15, 0.2) is 164 Å². The van der Waals surface area contributed by atoms with E-state index in [1.54, 1.807) is 0 Å². The van der Waals surface area contributed by atoms with Crippen molar-refractivity contribution in [3.8, 4) is 55.9 Å². The molecule has 4 nitrogen and oxygen atoms in total. The molecule has 0 saturated heterocycles. The van der Waals surface area contributed by atoms with Gasteiger partial charge in [-0.15, -0.1) is 0 Å². The zero-order valence-corrected chi connectivity index (χ0v) is 27.0. The van der Waals surface area contributed by atoms with Gasteiger partial charge < -0.3 is 14.0 Å². The molecule has 5 heteroatoms. The molecule has 0 radical (unpaired) electrons. The predicted molar refractivity (Wildman–Crippen MR) is 207 cm³/mol. The van der Waals surface area contributed by atoms with Crippen LogP contribution in [0.5, 0.6) is 0 Å². The quantitative estimate of drug-likeness (QED) is 0.196. The van der Waals surface area contributed by atoms with Gasteiger partial charge in [0.2, 0.25) is 0 Å². The molecule has 50 heavy (non-hydrogen) atoms. The topological polar surface area (TPSA) is 43.0 Å². The monoisotopic (exact) mass is 637 g/mol. The van der Waals surface area contributed by atoms with Gasteiger partial charge in [-0.1, -0.05) is 164 Å². The van der Waals surface area contributed by atoms with Crippen LogP contribution in [0.4, 0.5) is 0 Å². The molecule has 8 aromatic rings. The number of rotatable bonds is 3. The van der Waals surface area contributed by atoms with Gasteiger partial charge >= 0.3 is 7.19 Å². The Hall–Kier alpha value is -6.43. The molecule has 0 fully saturated rings. The zero-order valence-electron chi connectivity index (χ0n) is 27.0. The van der Waals surface area contributed by atoms with Crippen LogP contribution in [0, 0.1) is 0 Å². The second-order valence-electron chi connectivity index (χ2n) is 13.1. The van der Waals surface area contributed by atoms with E-state index in [2.05, 4.69) is 173 Å². The van der Waals surface area contributed by atoms with E-state index in [0.717, 1.165) is 99.5 Å². The van der Waals surface area contributed by atoms with Crippen LogP contribution in [0.25, 0.3) is 99.5 Å². The first-order chi connectivity index (χ1) is 24.8. The maximum absolute atomic E-state index is 13.2. The lowest BCUT2D eigenvalue weighted by Crippen LogP contribution is -2.35. The highest BCUT2D eigenvalue weighted by atomic mass is 16.2. The van der Waals surface area contributed by atoms with E-state index in [9.17, 15) is 5.02 Å². The summed E-state index contributed by atoms with van der Waals surface area (Å²) in [6.07, 6.45) is 0. The van der Waals surface area contributed by atoms with E-state index < -0.39 is 7.19 Å². The van der Waals surface area contributed by atoms with Gasteiger partial charge in [-0.3, -0.25) is 0 Å². The summed E-state index contributed by atoms with van der Waals surface area (Å²) in [6.45, 7) is 0. The lowest BCUT2D eigenvalue weighted by atomic mass is 9.90. The van der Waals surface area contributed by atoms with Crippen molar-refractivity contribution in [2.45, 2.75) is 0 Å². The van der Waals surface area contributed by atoms with Gasteiger partial charge in [0.05, 0.1) is 33.5 Å². The van der Waals surface area contributed by atoms with E-state index in [4.69, 9.17) is 4.98 Å². The smallest absolute Gasteiger partial charge is 0.413 e. The zero-order chi connectivity index (χ0) is 32.9. The Morgan fingerprint density at radius 1 is 0.360 bits per heavy atom. The number of aromatic nitrogens is 3. The summed E-state index contributed by atoms with van der Waals surface area (Å²) in [5.41, 5.74) is 14.2. The Morgan fingerprint density at radius 3 is 1.04 bits per heavy atom. The molecule has 6 aromatic carbocycles. The molecular weight excluding hydrogens is 609 g/mol. The average Bonchev–Trinajstić information content (AvgIpc) is 3.84. The van der Waals surface area contributed by atoms with Crippen LogP contribution < -0.4 is 0 Å². The summed E-state index contributed by atoms with van der Waals surface area (Å²) in [5, 5.41) is 17.5. The minimum absolute atomic E-state index is 0.907. The van der Waals surface area contributed by atoms with Crippen LogP contribution >= 0.6 is 0 Å². The molecule has 0 atom stereocenters. The third-order valence-corrected chi connectivity index (χ3v) is 10.6. The first-order valence-electron chi connectivity index (χ1n) is 17.1. The van der Waals surface area contributed by atoms with Gasteiger partial charge in [0.15, 0.2) is 0 Å². The lowest BCUT2D eigenvalue weighted by Gasteiger charge is -2.24. The van der Waals surface area contributed by atoms with Crippen molar-refractivity contribution in [1.29, 1.82) is 0 Å². The van der Waals surface area contributed by atoms with Crippen molar-refractivity contribution in [1.82, 2.24) is 13.9 Å². The summed E-state index contributed by atoms with van der Waals surface area (Å²) >= 11 is 0. The Labute approximate surface area is 288 Å². The number of hydrogen-bond acceptors (Lipinski definition) is 2. The summed E-state index contributed by atoms with van der Waals surface area (Å²) < 4.78 is 4.36. The minimum atomic E-state index is -1.04. The molecule has 11 rings (SSSR count). The fraction of sp³-hybridized carbons (Fsp3) is 0. The number of benzene rings is 6. The molecule has 0 saturated carbocycles. The minimum Gasteiger partial charge on any atom is -0.413 e. The summed E-state index contributed by atoms with van der Waals surface area (Å²) in [7, 11) is -1.04. The van der Waals surface area contributed by atoms with Crippen LogP contribution in [0.3, 0.4) is 0 Å². The molecule has 2 aromatic heterocycles. The maximum Gasteiger partial charge on any atom is 0.555 e. The molecule has 0 unspecified atom stereocenters. The van der Waals surface area contributed by atoms with Crippen molar-refractivity contribution in [3.05, 3.63) is 164 Å². The molecule has 3 aliphatic rings. The van der Waals surface area contributed by atoms with Gasteiger partial charge in [0, 0.05) is 49.4 Å². The summed E-state index contributed by atoms with van der Waals surface area (Å²) in [6, 6.07) is 57.6. The van der Waals surface area contributed by atoms with Gasteiger partial charge in [0.25, 0.3) is 0 Å². The molecule has 0 aliphatic carbocycles. The van der Waals surface area contributed by atoms with Gasteiger partial charge in [-0.05, 0) is 16.7 Å². The van der Waals surface area contributed by atoms with E-state index in [1.807, 2.05) is 0 Å². The third kappa shape index (κ3) is 3.56. The maximum atomic E-state index is 13.2.